The molecule has 2 unspecified atom stereocenters. The minimum Gasteiger partial charge on any atom is -0.144 e. The Bertz CT molecular complexity index is 160. The predicted molar refractivity (Wildman–Crippen MR) is 62.0 cm³/mol. The van der Waals surface area contributed by atoms with Gasteiger partial charge in [0.25, 0.3) is 0 Å². The molecule has 0 amide bonds. The van der Waals surface area contributed by atoms with E-state index in [0.717, 1.165) is 5.25 Å². The molecule has 72 valence electrons. The molecule has 0 radical (unpaired) electrons. The van der Waals surface area contributed by atoms with Crippen molar-refractivity contribution in [1.29, 1.82) is 0 Å². The lowest BCUT2D eigenvalue weighted by atomic mass is 9.92. The fourth-order valence-corrected chi connectivity index (χ4v) is 5.10. The largest absolute Gasteiger partial charge is 0.144 e. The van der Waals surface area contributed by atoms with Crippen molar-refractivity contribution in [2.24, 2.45) is 5.41 Å². The molecular formula is C10H20S2. The van der Waals surface area contributed by atoms with E-state index in [-0.39, 0.29) is 0 Å². The molecule has 1 fully saturated rings. The number of thioether (sulfide) groups is 2. The summed E-state index contributed by atoms with van der Waals surface area (Å²) in [5, 5.41) is 0.843. The SMILES string of the molecule is CC1CCSC(C)(C(C)(C)C)S1. The van der Waals surface area contributed by atoms with Gasteiger partial charge in [-0.3, -0.25) is 0 Å². The van der Waals surface area contributed by atoms with Crippen LogP contribution in [0.3, 0.4) is 0 Å². The van der Waals surface area contributed by atoms with Crippen molar-refractivity contribution in [3.8, 4) is 0 Å². The van der Waals surface area contributed by atoms with Gasteiger partial charge in [0.1, 0.15) is 0 Å². The monoisotopic (exact) mass is 204 g/mol. The van der Waals surface area contributed by atoms with Crippen LogP contribution in [0, 0.1) is 5.41 Å². The number of hydrogen-bond acceptors (Lipinski definition) is 2. The maximum Gasteiger partial charge on any atom is 0.0633 e. The van der Waals surface area contributed by atoms with Crippen LogP contribution in [0.1, 0.15) is 41.0 Å². The van der Waals surface area contributed by atoms with E-state index in [1.54, 1.807) is 0 Å². The Kier molecular flexibility index (Phi) is 3.10. The zero-order valence-electron chi connectivity index (χ0n) is 8.81. The van der Waals surface area contributed by atoms with E-state index in [1.165, 1.54) is 12.2 Å². The zero-order chi connectivity index (χ0) is 9.41. The summed E-state index contributed by atoms with van der Waals surface area (Å²) in [7, 11) is 0. The van der Waals surface area contributed by atoms with Gasteiger partial charge in [-0.2, -0.15) is 0 Å². The normalized spacial score (nSPS) is 38.2. The van der Waals surface area contributed by atoms with Crippen molar-refractivity contribution in [1.82, 2.24) is 0 Å². The molecule has 2 heteroatoms. The Balaban J connectivity index is 2.70. The molecule has 0 aliphatic carbocycles. The van der Waals surface area contributed by atoms with Crippen LogP contribution in [0.4, 0.5) is 0 Å². The van der Waals surface area contributed by atoms with E-state index in [2.05, 4.69) is 58.1 Å². The van der Waals surface area contributed by atoms with Crippen LogP contribution in [0.2, 0.25) is 0 Å². The van der Waals surface area contributed by atoms with Gasteiger partial charge >= 0.3 is 0 Å². The van der Waals surface area contributed by atoms with E-state index >= 15 is 0 Å². The Morgan fingerprint density at radius 1 is 1.33 bits per heavy atom. The summed E-state index contributed by atoms with van der Waals surface area (Å²) in [5.41, 5.74) is 0.414. The Labute approximate surface area is 85.3 Å². The van der Waals surface area contributed by atoms with Crippen molar-refractivity contribution in [2.75, 3.05) is 5.75 Å². The summed E-state index contributed by atoms with van der Waals surface area (Å²) >= 11 is 4.30. The zero-order valence-corrected chi connectivity index (χ0v) is 10.4. The van der Waals surface area contributed by atoms with Gasteiger partial charge in [0.2, 0.25) is 0 Å². The third-order valence-electron chi connectivity index (χ3n) is 2.69. The third-order valence-corrected chi connectivity index (χ3v) is 6.64. The van der Waals surface area contributed by atoms with Crippen molar-refractivity contribution in [2.45, 2.75) is 50.4 Å². The van der Waals surface area contributed by atoms with Gasteiger partial charge in [-0.25, -0.2) is 0 Å². The topological polar surface area (TPSA) is 0 Å². The molecule has 0 spiro atoms. The van der Waals surface area contributed by atoms with Crippen LogP contribution < -0.4 is 0 Å². The maximum atomic E-state index is 2.40. The molecule has 0 aromatic rings. The first-order valence-electron chi connectivity index (χ1n) is 4.67. The van der Waals surface area contributed by atoms with Gasteiger partial charge < -0.3 is 0 Å². The summed E-state index contributed by atoms with van der Waals surface area (Å²) < 4.78 is 0.421. The molecule has 0 N–H and O–H groups in total. The van der Waals surface area contributed by atoms with Crippen molar-refractivity contribution >= 4 is 23.5 Å². The molecule has 2 atom stereocenters. The first-order chi connectivity index (χ1) is 5.35. The van der Waals surface area contributed by atoms with Crippen LogP contribution in [-0.4, -0.2) is 15.1 Å². The number of rotatable bonds is 0. The second-order valence-electron chi connectivity index (χ2n) is 4.76. The van der Waals surface area contributed by atoms with Crippen LogP contribution in [0.15, 0.2) is 0 Å². The van der Waals surface area contributed by atoms with Crippen LogP contribution >= 0.6 is 23.5 Å². The molecule has 1 aliphatic heterocycles. The highest BCUT2D eigenvalue weighted by molar-refractivity contribution is 8.19. The molecule has 0 nitrogen and oxygen atoms in total. The van der Waals surface area contributed by atoms with Crippen molar-refractivity contribution in [3.63, 3.8) is 0 Å². The van der Waals surface area contributed by atoms with Gasteiger partial charge in [-0.1, -0.05) is 27.7 Å². The van der Waals surface area contributed by atoms with Crippen LogP contribution in [0.5, 0.6) is 0 Å². The average molecular weight is 204 g/mol. The third kappa shape index (κ3) is 2.14. The molecule has 1 saturated heterocycles. The Hall–Kier alpha value is 0.700. The molecular weight excluding hydrogens is 184 g/mol. The lowest BCUT2D eigenvalue weighted by Crippen LogP contribution is -2.37. The fraction of sp³-hybridized carbons (Fsp3) is 1.00. The minimum absolute atomic E-state index is 0.414. The Morgan fingerprint density at radius 3 is 2.25 bits per heavy atom. The van der Waals surface area contributed by atoms with Crippen molar-refractivity contribution < 1.29 is 0 Å². The van der Waals surface area contributed by atoms with E-state index < -0.39 is 0 Å². The second-order valence-corrected chi connectivity index (χ2v) is 8.39. The van der Waals surface area contributed by atoms with Crippen LogP contribution in [0.25, 0.3) is 0 Å². The van der Waals surface area contributed by atoms with Gasteiger partial charge in [-0.15, -0.1) is 23.5 Å². The van der Waals surface area contributed by atoms with Gasteiger partial charge in [0.05, 0.1) is 4.08 Å². The summed E-state index contributed by atoms with van der Waals surface area (Å²) in [6.07, 6.45) is 1.38. The molecule has 0 aromatic heterocycles. The summed E-state index contributed by atoms with van der Waals surface area (Å²) in [6.45, 7) is 11.8. The molecule has 1 heterocycles. The molecule has 1 rings (SSSR count). The maximum absolute atomic E-state index is 2.40. The minimum atomic E-state index is 0.414. The number of hydrogen-bond donors (Lipinski definition) is 0. The average Bonchev–Trinajstić information content (AvgIpc) is 1.83. The first-order valence-corrected chi connectivity index (χ1v) is 6.53. The van der Waals surface area contributed by atoms with Gasteiger partial charge in [0, 0.05) is 5.25 Å². The highest BCUT2D eigenvalue weighted by atomic mass is 32.2. The van der Waals surface area contributed by atoms with Crippen LogP contribution in [-0.2, 0) is 0 Å². The quantitative estimate of drug-likeness (QED) is 0.585. The summed E-state index contributed by atoms with van der Waals surface area (Å²) in [4.78, 5) is 0. The lowest BCUT2D eigenvalue weighted by Gasteiger charge is -2.45. The van der Waals surface area contributed by atoms with E-state index in [0.29, 0.717) is 9.49 Å². The van der Waals surface area contributed by atoms with E-state index in [1.807, 2.05) is 0 Å². The molecule has 0 aromatic carbocycles. The van der Waals surface area contributed by atoms with E-state index in [9.17, 15) is 0 Å². The molecule has 12 heavy (non-hydrogen) atoms. The highest BCUT2D eigenvalue weighted by Gasteiger charge is 2.41. The standard InChI is InChI=1S/C10H20S2/c1-8-6-7-11-10(5,12-8)9(2,3)4/h8H,6-7H2,1-5H3. The molecule has 0 bridgehead atoms. The second kappa shape index (κ2) is 3.45. The summed E-state index contributed by atoms with van der Waals surface area (Å²) in [6, 6.07) is 0. The Morgan fingerprint density at radius 2 is 1.92 bits per heavy atom. The van der Waals surface area contributed by atoms with Gasteiger partial charge in [0.15, 0.2) is 0 Å². The first kappa shape index (κ1) is 10.8. The summed E-state index contributed by atoms with van der Waals surface area (Å²) in [5.74, 6) is 1.34. The lowest BCUT2D eigenvalue weighted by molar-refractivity contribution is 0.382. The van der Waals surface area contributed by atoms with E-state index in [4.69, 9.17) is 0 Å². The molecule has 0 saturated carbocycles. The highest BCUT2D eigenvalue weighted by Crippen LogP contribution is 2.54. The predicted octanol–water partition coefficient (Wildman–Crippen LogP) is 4.01. The van der Waals surface area contributed by atoms with Gasteiger partial charge in [-0.05, 0) is 24.5 Å². The smallest absolute Gasteiger partial charge is 0.0633 e. The fourth-order valence-electron chi connectivity index (χ4n) is 1.29. The molecule has 1 aliphatic rings. The van der Waals surface area contributed by atoms with Crippen molar-refractivity contribution in [3.05, 3.63) is 0 Å².